The number of nitrogens with one attached hydrogen (secondary N) is 1. The fourth-order valence-corrected chi connectivity index (χ4v) is 2.79. The summed E-state index contributed by atoms with van der Waals surface area (Å²) in [5.41, 5.74) is 1.44. The number of fused-ring (bicyclic) bond motifs is 1. The molecule has 0 aliphatic rings. The molecule has 1 heterocycles. The van der Waals surface area contributed by atoms with Gasteiger partial charge in [0, 0.05) is 5.39 Å². The van der Waals surface area contributed by atoms with E-state index in [1.807, 2.05) is 12.1 Å². The SMILES string of the molecule is CNC(c1cc2cc(F)ccc2o1)c1cccc(Cl)c1Cl. The number of furan rings is 1. The van der Waals surface area contributed by atoms with Gasteiger partial charge in [-0.15, -0.1) is 0 Å². The van der Waals surface area contributed by atoms with Gasteiger partial charge in [0.25, 0.3) is 0 Å². The van der Waals surface area contributed by atoms with Crippen LogP contribution in [0, 0.1) is 5.82 Å². The Balaban J connectivity index is 2.11. The highest BCUT2D eigenvalue weighted by molar-refractivity contribution is 6.42. The van der Waals surface area contributed by atoms with Crippen LogP contribution in [0.2, 0.25) is 10.0 Å². The average Bonchev–Trinajstić information content (AvgIpc) is 2.87. The molecule has 2 aromatic carbocycles. The minimum Gasteiger partial charge on any atom is -0.459 e. The van der Waals surface area contributed by atoms with E-state index in [0.29, 0.717) is 26.8 Å². The summed E-state index contributed by atoms with van der Waals surface area (Å²) < 4.78 is 19.1. The van der Waals surface area contributed by atoms with Crippen LogP contribution in [-0.4, -0.2) is 7.05 Å². The molecule has 0 aliphatic carbocycles. The van der Waals surface area contributed by atoms with Gasteiger partial charge in [-0.05, 0) is 42.9 Å². The van der Waals surface area contributed by atoms with Gasteiger partial charge < -0.3 is 9.73 Å². The van der Waals surface area contributed by atoms with Gasteiger partial charge in [0.05, 0.1) is 16.1 Å². The van der Waals surface area contributed by atoms with Crippen LogP contribution in [0.15, 0.2) is 46.9 Å². The first kappa shape index (κ1) is 14.4. The van der Waals surface area contributed by atoms with Crippen molar-refractivity contribution in [3.8, 4) is 0 Å². The molecule has 3 aromatic rings. The summed E-state index contributed by atoms with van der Waals surface area (Å²) in [4.78, 5) is 0. The third kappa shape index (κ3) is 2.64. The number of rotatable bonds is 3. The molecule has 0 saturated heterocycles. The van der Waals surface area contributed by atoms with Crippen molar-refractivity contribution in [2.45, 2.75) is 6.04 Å². The zero-order valence-electron chi connectivity index (χ0n) is 11.2. The lowest BCUT2D eigenvalue weighted by Gasteiger charge is -2.16. The molecule has 0 amide bonds. The van der Waals surface area contributed by atoms with E-state index in [4.69, 9.17) is 27.6 Å². The quantitative estimate of drug-likeness (QED) is 0.717. The molecule has 108 valence electrons. The highest BCUT2D eigenvalue weighted by atomic mass is 35.5. The minimum atomic E-state index is -0.295. The second kappa shape index (κ2) is 5.68. The molecule has 21 heavy (non-hydrogen) atoms. The van der Waals surface area contributed by atoms with E-state index in [9.17, 15) is 4.39 Å². The highest BCUT2D eigenvalue weighted by Crippen LogP contribution is 2.35. The molecule has 5 heteroatoms. The zero-order chi connectivity index (χ0) is 15.0. The topological polar surface area (TPSA) is 25.2 Å². The Kier molecular flexibility index (Phi) is 3.89. The lowest BCUT2D eigenvalue weighted by Crippen LogP contribution is -2.17. The van der Waals surface area contributed by atoms with Gasteiger partial charge in [-0.2, -0.15) is 0 Å². The predicted molar refractivity (Wildman–Crippen MR) is 83.5 cm³/mol. The van der Waals surface area contributed by atoms with Crippen molar-refractivity contribution in [3.63, 3.8) is 0 Å². The lowest BCUT2D eigenvalue weighted by atomic mass is 10.0. The molecule has 1 atom stereocenters. The molecular weight excluding hydrogens is 312 g/mol. The summed E-state index contributed by atoms with van der Waals surface area (Å²) in [5.74, 6) is 0.360. The highest BCUT2D eigenvalue weighted by Gasteiger charge is 2.20. The van der Waals surface area contributed by atoms with Gasteiger partial charge >= 0.3 is 0 Å². The van der Waals surface area contributed by atoms with Crippen molar-refractivity contribution < 1.29 is 8.81 Å². The van der Waals surface area contributed by atoms with Gasteiger partial charge in [-0.1, -0.05) is 35.3 Å². The number of hydrogen-bond acceptors (Lipinski definition) is 2. The van der Waals surface area contributed by atoms with Crippen LogP contribution in [0.1, 0.15) is 17.4 Å². The maximum atomic E-state index is 13.3. The Morgan fingerprint density at radius 2 is 1.95 bits per heavy atom. The van der Waals surface area contributed by atoms with Crippen LogP contribution in [-0.2, 0) is 0 Å². The van der Waals surface area contributed by atoms with Crippen molar-refractivity contribution in [2.75, 3.05) is 7.05 Å². The molecule has 0 saturated carbocycles. The third-order valence-electron chi connectivity index (χ3n) is 3.36. The van der Waals surface area contributed by atoms with Crippen LogP contribution < -0.4 is 5.32 Å². The van der Waals surface area contributed by atoms with Gasteiger partial charge in [-0.25, -0.2) is 4.39 Å². The maximum absolute atomic E-state index is 13.3. The van der Waals surface area contributed by atoms with E-state index in [1.54, 1.807) is 25.2 Å². The summed E-state index contributed by atoms with van der Waals surface area (Å²) in [6.07, 6.45) is 0. The Morgan fingerprint density at radius 1 is 1.14 bits per heavy atom. The molecule has 0 spiro atoms. The maximum Gasteiger partial charge on any atom is 0.134 e. The van der Waals surface area contributed by atoms with E-state index in [-0.39, 0.29) is 11.9 Å². The Morgan fingerprint density at radius 3 is 2.71 bits per heavy atom. The van der Waals surface area contributed by atoms with Gasteiger partial charge in [0.2, 0.25) is 0 Å². The van der Waals surface area contributed by atoms with Crippen molar-refractivity contribution in [1.29, 1.82) is 0 Å². The predicted octanol–water partition coefficient (Wildman–Crippen LogP) is 5.19. The van der Waals surface area contributed by atoms with E-state index in [1.165, 1.54) is 12.1 Å². The molecule has 3 rings (SSSR count). The molecule has 1 N–H and O–H groups in total. The standard InChI is InChI=1S/C16H12Cl2FNO/c1-20-16(11-3-2-4-12(17)15(11)18)14-8-9-7-10(19)5-6-13(9)21-14/h2-8,16,20H,1H3. The molecular formula is C16H12Cl2FNO. The largest absolute Gasteiger partial charge is 0.459 e. The molecule has 0 radical (unpaired) electrons. The summed E-state index contributed by atoms with van der Waals surface area (Å²) >= 11 is 12.3. The number of hydrogen-bond donors (Lipinski definition) is 1. The molecule has 2 nitrogen and oxygen atoms in total. The molecule has 0 fully saturated rings. The second-order valence-electron chi connectivity index (χ2n) is 4.70. The minimum absolute atomic E-state index is 0.258. The Bertz CT molecular complexity index is 800. The van der Waals surface area contributed by atoms with Crippen molar-refractivity contribution in [1.82, 2.24) is 5.32 Å². The van der Waals surface area contributed by atoms with Crippen LogP contribution in [0.4, 0.5) is 4.39 Å². The van der Waals surface area contributed by atoms with Gasteiger partial charge in [-0.3, -0.25) is 0 Å². The Hall–Kier alpha value is -1.55. The molecule has 0 aliphatic heterocycles. The van der Waals surface area contributed by atoms with Crippen LogP contribution >= 0.6 is 23.2 Å². The average molecular weight is 324 g/mol. The van der Waals surface area contributed by atoms with Crippen LogP contribution in [0.25, 0.3) is 11.0 Å². The normalized spacial score (nSPS) is 12.8. The monoisotopic (exact) mass is 323 g/mol. The van der Waals surface area contributed by atoms with E-state index < -0.39 is 0 Å². The first-order valence-corrected chi connectivity index (χ1v) is 7.16. The van der Waals surface area contributed by atoms with E-state index in [2.05, 4.69) is 5.32 Å². The second-order valence-corrected chi connectivity index (χ2v) is 5.48. The molecule has 0 bridgehead atoms. The first-order valence-electron chi connectivity index (χ1n) is 6.40. The third-order valence-corrected chi connectivity index (χ3v) is 4.20. The first-order chi connectivity index (χ1) is 10.1. The molecule has 1 aromatic heterocycles. The van der Waals surface area contributed by atoms with E-state index in [0.717, 1.165) is 5.56 Å². The lowest BCUT2D eigenvalue weighted by molar-refractivity contribution is 0.491. The summed E-state index contributed by atoms with van der Waals surface area (Å²) in [6, 6.07) is 11.4. The summed E-state index contributed by atoms with van der Waals surface area (Å²) in [6.45, 7) is 0. The van der Waals surface area contributed by atoms with Crippen molar-refractivity contribution in [3.05, 3.63) is 69.7 Å². The fraction of sp³-hybridized carbons (Fsp3) is 0.125. The van der Waals surface area contributed by atoms with Gasteiger partial charge in [0.1, 0.15) is 17.2 Å². The van der Waals surface area contributed by atoms with E-state index >= 15 is 0 Å². The van der Waals surface area contributed by atoms with Crippen molar-refractivity contribution in [2.24, 2.45) is 0 Å². The molecule has 1 unspecified atom stereocenters. The number of benzene rings is 2. The number of halogens is 3. The zero-order valence-corrected chi connectivity index (χ0v) is 12.7. The fourth-order valence-electron chi connectivity index (χ4n) is 2.37. The summed E-state index contributed by atoms with van der Waals surface area (Å²) in [5, 5.41) is 4.82. The summed E-state index contributed by atoms with van der Waals surface area (Å²) in [7, 11) is 1.80. The van der Waals surface area contributed by atoms with Crippen LogP contribution in [0.5, 0.6) is 0 Å². The van der Waals surface area contributed by atoms with Crippen LogP contribution in [0.3, 0.4) is 0 Å². The van der Waals surface area contributed by atoms with Gasteiger partial charge in [0.15, 0.2) is 0 Å². The van der Waals surface area contributed by atoms with Crippen molar-refractivity contribution >= 4 is 34.2 Å². The smallest absolute Gasteiger partial charge is 0.134 e. The Labute approximate surface area is 131 Å².